The van der Waals surface area contributed by atoms with Crippen LogP contribution in [-0.2, 0) is 0 Å². The number of nitrogens with two attached hydrogens (primary N) is 2. The third-order valence-corrected chi connectivity index (χ3v) is 5.87. The average Bonchev–Trinajstić information content (AvgIpc) is 2.34. The van der Waals surface area contributed by atoms with Crippen molar-refractivity contribution in [1.82, 2.24) is 0 Å². The molecule has 0 saturated heterocycles. The summed E-state index contributed by atoms with van der Waals surface area (Å²) in [6.07, 6.45) is 7.64. The maximum absolute atomic E-state index is 6.40. The molecule has 0 bridgehead atoms. The molecule has 7 unspecified atom stereocenters. The lowest BCUT2D eigenvalue weighted by atomic mass is 9.63. The summed E-state index contributed by atoms with van der Waals surface area (Å²) in [5, 5.41) is 0. The zero-order chi connectivity index (χ0) is 13.3. The van der Waals surface area contributed by atoms with Crippen LogP contribution in [0.4, 0.5) is 0 Å². The normalized spacial score (nSPS) is 47.8. The Hall–Kier alpha value is -0.0800. The quantitative estimate of drug-likeness (QED) is 0.793. The molecule has 0 aromatic heterocycles. The second-order valence-electron chi connectivity index (χ2n) is 7.32. The SMILES string of the molecule is CC1CCC(N)C(C(C)C2CC(N)CCC2C)C1. The maximum Gasteiger partial charge on any atom is 0.00700 e. The largest absolute Gasteiger partial charge is 0.328 e. The van der Waals surface area contributed by atoms with Crippen molar-refractivity contribution in [2.24, 2.45) is 41.1 Å². The Kier molecular flexibility index (Phi) is 4.71. The molecule has 2 aliphatic carbocycles. The molecule has 0 amide bonds. The third kappa shape index (κ3) is 3.08. The first-order chi connectivity index (χ1) is 8.49. The van der Waals surface area contributed by atoms with E-state index in [-0.39, 0.29) is 0 Å². The van der Waals surface area contributed by atoms with E-state index in [1.54, 1.807) is 0 Å². The summed E-state index contributed by atoms with van der Waals surface area (Å²) in [7, 11) is 0. The average molecular weight is 252 g/mol. The standard InChI is InChI=1S/C16H32N2/c1-10-4-7-16(18)15(8-10)12(3)14-9-13(17)6-5-11(14)2/h10-16H,4-9,17-18H2,1-3H3. The molecule has 0 spiro atoms. The highest BCUT2D eigenvalue weighted by Gasteiger charge is 2.37. The molecular formula is C16H32N2. The van der Waals surface area contributed by atoms with Crippen molar-refractivity contribution in [3.8, 4) is 0 Å². The van der Waals surface area contributed by atoms with Crippen LogP contribution in [0.3, 0.4) is 0 Å². The van der Waals surface area contributed by atoms with Crippen molar-refractivity contribution in [3.63, 3.8) is 0 Å². The van der Waals surface area contributed by atoms with E-state index < -0.39 is 0 Å². The maximum atomic E-state index is 6.40. The summed E-state index contributed by atoms with van der Waals surface area (Å²) in [5.74, 6) is 3.99. The minimum absolute atomic E-state index is 0.432. The lowest BCUT2D eigenvalue weighted by Crippen LogP contribution is -2.44. The molecular weight excluding hydrogens is 220 g/mol. The Morgan fingerprint density at radius 2 is 1.61 bits per heavy atom. The zero-order valence-electron chi connectivity index (χ0n) is 12.4. The Labute approximate surface area is 113 Å². The van der Waals surface area contributed by atoms with Crippen molar-refractivity contribution in [2.45, 2.75) is 71.4 Å². The van der Waals surface area contributed by atoms with Gasteiger partial charge in [-0.15, -0.1) is 0 Å². The first kappa shape index (κ1) is 14.3. The summed E-state index contributed by atoms with van der Waals surface area (Å²) < 4.78 is 0. The lowest BCUT2D eigenvalue weighted by Gasteiger charge is -2.44. The van der Waals surface area contributed by atoms with Gasteiger partial charge in [0.25, 0.3) is 0 Å². The lowest BCUT2D eigenvalue weighted by molar-refractivity contribution is 0.0821. The van der Waals surface area contributed by atoms with Gasteiger partial charge in [0.05, 0.1) is 0 Å². The van der Waals surface area contributed by atoms with E-state index >= 15 is 0 Å². The molecule has 0 aliphatic heterocycles. The van der Waals surface area contributed by atoms with E-state index in [9.17, 15) is 0 Å². The fraction of sp³-hybridized carbons (Fsp3) is 1.00. The molecule has 106 valence electrons. The summed E-state index contributed by atoms with van der Waals surface area (Å²) >= 11 is 0. The van der Waals surface area contributed by atoms with E-state index in [4.69, 9.17) is 11.5 Å². The van der Waals surface area contributed by atoms with Gasteiger partial charge in [-0.1, -0.05) is 20.8 Å². The first-order valence-corrected chi connectivity index (χ1v) is 8.00. The third-order valence-electron chi connectivity index (χ3n) is 5.87. The van der Waals surface area contributed by atoms with E-state index in [0.29, 0.717) is 12.1 Å². The van der Waals surface area contributed by atoms with E-state index in [1.165, 1.54) is 38.5 Å². The van der Waals surface area contributed by atoms with Gasteiger partial charge < -0.3 is 11.5 Å². The summed E-state index contributed by atoms with van der Waals surface area (Å²) in [6, 6.07) is 0.868. The minimum atomic E-state index is 0.432. The highest BCUT2D eigenvalue weighted by Crippen LogP contribution is 2.42. The molecule has 18 heavy (non-hydrogen) atoms. The van der Waals surface area contributed by atoms with Crippen LogP contribution in [0.15, 0.2) is 0 Å². The molecule has 7 atom stereocenters. The number of rotatable bonds is 2. The van der Waals surface area contributed by atoms with Gasteiger partial charge >= 0.3 is 0 Å². The Morgan fingerprint density at radius 1 is 0.889 bits per heavy atom. The number of hydrogen-bond donors (Lipinski definition) is 2. The molecule has 2 aliphatic rings. The van der Waals surface area contributed by atoms with Crippen LogP contribution >= 0.6 is 0 Å². The van der Waals surface area contributed by atoms with Gasteiger partial charge in [0.15, 0.2) is 0 Å². The van der Waals surface area contributed by atoms with Crippen LogP contribution in [0.2, 0.25) is 0 Å². The van der Waals surface area contributed by atoms with Crippen LogP contribution in [0.25, 0.3) is 0 Å². The van der Waals surface area contributed by atoms with Gasteiger partial charge in [-0.25, -0.2) is 0 Å². The van der Waals surface area contributed by atoms with E-state index in [2.05, 4.69) is 20.8 Å². The fourth-order valence-electron chi connectivity index (χ4n) is 4.49. The first-order valence-electron chi connectivity index (χ1n) is 8.00. The van der Waals surface area contributed by atoms with Crippen molar-refractivity contribution in [1.29, 1.82) is 0 Å². The monoisotopic (exact) mass is 252 g/mol. The zero-order valence-corrected chi connectivity index (χ0v) is 12.4. The van der Waals surface area contributed by atoms with Crippen molar-refractivity contribution in [2.75, 3.05) is 0 Å². The second kappa shape index (κ2) is 5.92. The predicted octanol–water partition coefficient (Wildman–Crippen LogP) is 3.15. The van der Waals surface area contributed by atoms with Gasteiger partial charge in [-0.05, 0) is 68.1 Å². The van der Waals surface area contributed by atoms with E-state index in [1.807, 2.05) is 0 Å². The van der Waals surface area contributed by atoms with Gasteiger partial charge in [0, 0.05) is 12.1 Å². The van der Waals surface area contributed by atoms with Crippen molar-refractivity contribution >= 4 is 0 Å². The van der Waals surface area contributed by atoms with Gasteiger partial charge in [0.2, 0.25) is 0 Å². The molecule has 0 aromatic rings. The minimum Gasteiger partial charge on any atom is -0.328 e. The van der Waals surface area contributed by atoms with Gasteiger partial charge in [0.1, 0.15) is 0 Å². The molecule has 4 N–H and O–H groups in total. The van der Waals surface area contributed by atoms with Crippen LogP contribution < -0.4 is 11.5 Å². The van der Waals surface area contributed by atoms with E-state index in [0.717, 1.165) is 29.6 Å². The predicted molar refractivity (Wildman–Crippen MR) is 78.1 cm³/mol. The molecule has 2 saturated carbocycles. The Balaban J connectivity index is 2.01. The van der Waals surface area contributed by atoms with Crippen molar-refractivity contribution < 1.29 is 0 Å². The molecule has 2 heteroatoms. The summed E-state index contributed by atoms with van der Waals surface area (Å²) in [6.45, 7) is 7.26. The van der Waals surface area contributed by atoms with Crippen LogP contribution in [0, 0.1) is 29.6 Å². The molecule has 0 radical (unpaired) electrons. The van der Waals surface area contributed by atoms with Crippen LogP contribution in [0.1, 0.15) is 59.3 Å². The molecule has 2 nitrogen and oxygen atoms in total. The fourth-order valence-corrected chi connectivity index (χ4v) is 4.49. The van der Waals surface area contributed by atoms with Crippen LogP contribution in [-0.4, -0.2) is 12.1 Å². The second-order valence-corrected chi connectivity index (χ2v) is 7.32. The highest BCUT2D eigenvalue weighted by atomic mass is 14.7. The van der Waals surface area contributed by atoms with Gasteiger partial charge in [-0.2, -0.15) is 0 Å². The molecule has 2 fully saturated rings. The summed E-state index contributed by atoms with van der Waals surface area (Å²) in [5.41, 5.74) is 12.6. The Morgan fingerprint density at radius 3 is 2.33 bits per heavy atom. The molecule has 2 rings (SSSR count). The topological polar surface area (TPSA) is 52.0 Å². The molecule has 0 heterocycles. The highest BCUT2D eigenvalue weighted by molar-refractivity contribution is 4.91. The van der Waals surface area contributed by atoms with Gasteiger partial charge in [-0.3, -0.25) is 0 Å². The smallest absolute Gasteiger partial charge is 0.00700 e. The van der Waals surface area contributed by atoms with Crippen LogP contribution in [0.5, 0.6) is 0 Å². The van der Waals surface area contributed by atoms with Crippen molar-refractivity contribution in [3.05, 3.63) is 0 Å². The summed E-state index contributed by atoms with van der Waals surface area (Å²) in [4.78, 5) is 0. The Bertz CT molecular complexity index is 240. The molecule has 0 aromatic carbocycles. The number of hydrogen-bond acceptors (Lipinski definition) is 2.